The number of aliphatic hydroxyl groups is 1. The molecule has 3 aliphatic heterocycles. The van der Waals surface area contributed by atoms with Gasteiger partial charge in [0, 0.05) is 31.1 Å². The van der Waals surface area contributed by atoms with Crippen molar-refractivity contribution in [2.45, 2.75) is 87.3 Å². The molecule has 3 heterocycles. The van der Waals surface area contributed by atoms with Crippen molar-refractivity contribution in [1.29, 1.82) is 0 Å². The summed E-state index contributed by atoms with van der Waals surface area (Å²) in [6.07, 6.45) is 9.93. The SMILES string of the molecule is C=CCCCCOC(=O)[C@H]1[C@@H]2OC3(CC2Br)C(C(=O)N(CC=C)CCCCC)N(CCCCO)C(=O)[C@H]13. The maximum atomic E-state index is 14.1. The third kappa shape index (κ3) is 6.14. The molecule has 0 aromatic heterocycles. The van der Waals surface area contributed by atoms with Crippen LogP contribution in [-0.4, -0.2) is 88.1 Å². The summed E-state index contributed by atoms with van der Waals surface area (Å²) in [5.41, 5.74) is -1.08. The number of hydrogen-bond donors (Lipinski definition) is 1. The molecule has 3 rings (SSSR count). The third-order valence-electron chi connectivity index (χ3n) is 7.84. The van der Waals surface area contributed by atoms with Crippen LogP contribution in [0, 0.1) is 11.8 Å². The third-order valence-corrected chi connectivity index (χ3v) is 8.69. The molecular weight excluding hydrogens is 540 g/mol. The molecule has 8 nitrogen and oxygen atoms in total. The van der Waals surface area contributed by atoms with E-state index in [4.69, 9.17) is 9.47 Å². The summed E-state index contributed by atoms with van der Waals surface area (Å²) in [6.45, 7) is 11.2. The summed E-state index contributed by atoms with van der Waals surface area (Å²) in [5, 5.41) is 9.32. The van der Waals surface area contributed by atoms with Crippen LogP contribution >= 0.6 is 15.9 Å². The van der Waals surface area contributed by atoms with Crippen molar-refractivity contribution < 1.29 is 29.0 Å². The first-order chi connectivity index (χ1) is 17.9. The van der Waals surface area contributed by atoms with E-state index < -0.39 is 35.6 Å². The van der Waals surface area contributed by atoms with Crippen LogP contribution < -0.4 is 0 Å². The Morgan fingerprint density at radius 2 is 2.00 bits per heavy atom. The van der Waals surface area contributed by atoms with E-state index in [9.17, 15) is 19.5 Å². The number of carbonyl (C=O) groups is 3. The van der Waals surface area contributed by atoms with Gasteiger partial charge in [0.25, 0.3) is 0 Å². The van der Waals surface area contributed by atoms with Crippen LogP contribution in [0.25, 0.3) is 0 Å². The zero-order chi connectivity index (χ0) is 27.0. The Labute approximate surface area is 229 Å². The van der Waals surface area contributed by atoms with E-state index in [-0.39, 0.29) is 29.9 Å². The minimum atomic E-state index is -1.08. The first-order valence-corrected chi connectivity index (χ1v) is 14.7. The van der Waals surface area contributed by atoms with Gasteiger partial charge in [-0.1, -0.05) is 47.8 Å². The molecule has 208 valence electrons. The first kappa shape index (κ1) is 29.8. The van der Waals surface area contributed by atoms with Gasteiger partial charge in [-0.05, 0) is 44.9 Å². The molecule has 6 atom stereocenters. The largest absolute Gasteiger partial charge is 0.465 e. The molecule has 3 aliphatic rings. The summed E-state index contributed by atoms with van der Waals surface area (Å²) in [5.74, 6) is -2.32. The summed E-state index contributed by atoms with van der Waals surface area (Å²) >= 11 is 3.69. The normalized spacial score (nSPS) is 29.9. The minimum absolute atomic E-state index is 0.0116. The zero-order valence-corrected chi connectivity index (χ0v) is 23.7. The van der Waals surface area contributed by atoms with Crippen molar-refractivity contribution in [3.63, 3.8) is 0 Å². The van der Waals surface area contributed by atoms with Crippen LogP contribution in [0.3, 0.4) is 0 Å². The zero-order valence-electron chi connectivity index (χ0n) is 22.1. The van der Waals surface area contributed by atoms with Gasteiger partial charge in [0.15, 0.2) is 0 Å². The monoisotopic (exact) mass is 582 g/mol. The van der Waals surface area contributed by atoms with Crippen LogP contribution in [0.1, 0.15) is 64.7 Å². The number of unbranched alkanes of at least 4 members (excludes halogenated alkanes) is 5. The number of amides is 2. The number of rotatable bonds is 17. The lowest BCUT2D eigenvalue weighted by Crippen LogP contribution is -2.57. The number of hydrogen-bond acceptors (Lipinski definition) is 6. The number of allylic oxidation sites excluding steroid dienone is 1. The van der Waals surface area contributed by atoms with E-state index >= 15 is 0 Å². The van der Waals surface area contributed by atoms with E-state index in [1.807, 2.05) is 6.08 Å². The van der Waals surface area contributed by atoms with Crippen molar-refractivity contribution in [1.82, 2.24) is 9.80 Å². The molecule has 2 amide bonds. The molecule has 3 saturated heterocycles. The van der Waals surface area contributed by atoms with Gasteiger partial charge >= 0.3 is 5.97 Å². The number of fused-ring (bicyclic) bond motifs is 1. The van der Waals surface area contributed by atoms with Crippen molar-refractivity contribution in [3.8, 4) is 0 Å². The van der Waals surface area contributed by atoms with Crippen molar-refractivity contribution in [2.75, 3.05) is 32.8 Å². The number of carbonyl (C=O) groups excluding carboxylic acids is 3. The van der Waals surface area contributed by atoms with Gasteiger partial charge in [0.1, 0.15) is 11.6 Å². The van der Waals surface area contributed by atoms with E-state index in [1.54, 1.807) is 15.9 Å². The Hall–Kier alpha value is -1.71. The fraction of sp³-hybridized carbons (Fsp3) is 0.750. The quantitative estimate of drug-likeness (QED) is 0.122. The molecule has 0 saturated carbocycles. The van der Waals surface area contributed by atoms with Gasteiger partial charge in [-0.15, -0.1) is 13.2 Å². The topological polar surface area (TPSA) is 96.4 Å². The van der Waals surface area contributed by atoms with E-state index in [2.05, 4.69) is 36.0 Å². The molecule has 3 fully saturated rings. The number of alkyl halides is 1. The molecule has 0 aromatic rings. The molecule has 1 N–H and O–H groups in total. The lowest BCUT2D eigenvalue weighted by atomic mass is 9.70. The average molecular weight is 584 g/mol. The van der Waals surface area contributed by atoms with E-state index in [0.29, 0.717) is 38.9 Å². The molecule has 2 bridgehead atoms. The van der Waals surface area contributed by atoms with Gasteiger partial charge in [-0.3, -0.25) is 14.4 Å². The van der Waals surface area contributed by atoms with Crippen LogP contribution in [-0.2, 0) is 23.9 Å². The molecule has 0 aliphatic carbocycles. The lowest BCUT2D eigenvalue weighted by Gasteiger charge is -2.37. The Balaban J connectivity index is 1.89. The number of ether oxygens (including phenoxy) is 2. The van der Waals surface area contributed by atoms with Crippen LogP contribution in [0.5, 0.6) is 0 Å². The average Bonchev–Trinajstić information content (AvgIpc) is 3.46. The Morgan fingerprint density at radius 1 is 1.22 bits per heavy atom. The second kappa shape index (κ2) is 13.9. The number of nitrogens with zero attached hydrogens (tertiary/aromatic N) is 2. The Bertz CT molecular complexity index is 837. The van der Waals surface area contributed by atoms with Gasteiger partial charge in [0.2, 0.25) is 11.8 Å². The van der Waals surface area contributed by atoms with Gasteiger partial charge < -0.3 is 24.4 Å². The number of likely N-dealkylation sites (tertiary alicyclic amines) is 1. The number of halogens is 1. The highest BCUT2D eigenvalue weighted by atomic mass is 79.9. The highest BCUT2D eigenvalue weighted by Crippen LogP contribution is 2.60. The molecule has 1 spiro atoms. The smallest absolute Gasteiger partial charge is 0.312 e. The first-order valence-electron chi connectivity index (χ1n) is 13.8. The van der Waals surface area contributed by atoms with Crippen LogP contribution in [0.2, 0.25) is 0 Å². The van der Waals surface area contributed by atoms with Crippen LogP contribution in [0.15, 0.2) is 25.3 Å². The minimum Gasteiger partial charge on any atom is -0.465 e. The summed E-state index contributed by atoms with van der Waals surface area (Å²) in [7, 11) is 0. The van der Waals surface area contributed by atoms with Crippen molar-refractivity contribution in [3.05, 3.63) is 25.3 Å². The molecule has 3 unspecified atom stereocenters. The van der Waals surface area contributed by atoms with Gasteiger partial charge in [-0.25, -0.2) is 0 Å². The van der Waals surface area contributed by atoms with Crippen molar-refractivity contribution >= 4 is 33.7 Å². The number of esters is 1. The second-order valence-corrected chi connectivity index (χ2v) is 11.5. The number of aliphatic hydroxyl groups excluding tert-OH is 1. The lowest BCUT2D eigenvalue weighted by molar-refractivity contribution is -0.155. The molecule has 9 heteroatoms. The van der Waals surface area contributed by atoms with E-state index in [1.165, 1.54) is 0 Å². The second-order valence-electron chi connectivity index (χ2n) is 10.4. The molecular formula is C28H43BrN2O6. The predicted molar refractivity (Wildman–Crippen MR) is 145 cm³/mol. The summed E-state index contributed by atoms with van der Waals surface area (Å²) < 4.78 is 12.1. The predicted octanol–water partition coefficient (Wildman–Crippen LogP) is 3.61. The van der Waals surface area contributed by atoms with Crippen molar-refractivity contribution in [2.24, 2.45) is 11.8 Å². The highest BCUT2D eigenvalue weighted by Gasteiger charge is 2.77. The fourth-order valence-electron chi connectivity index (χ4n) is 6.15. The summed E-state index contributed by atoms with van der Waals surface area (Å²) in [6, 6.07) is -0.819. The molecule has 37 heavy (non-hydrogen) atoms. The van der Waals surface area contributed by atoms with E-state index in [0.717, 1.165) is 38.5 Å². The van der Waals surface area contributed by atoms with Gasteiger partial charge in [0.05, 0.1) is 24.5 Å². The Kier molecular flexibility index (Phi) is 11.2. The van der Waals surface area contributed by atoms with Gasteiger partial charge in [-0.2, -0.15) is 0 Å². The highest BCUT2D eigenvalue weighted by molar-refractivity contribution is 9.09. The summed E-state index contributed by atoms with van der Waals surface area (Å²) in [4.78, 5) is 44.6. The molecule has 0 aromatic carbocycles. The maximum Gasteiger partial charge on any atom is 0.312 e. The van der Waals surface area contributed by atoms with Crippen LogP contribution in [0.4, 0.5) is 0 Å². The Morgan fingerprint density at radius 3 is 2.68 bits per heavy atom. The maximum absolute atomic E-state index is 14.1. The molecule has 0 radical (unpaired) electrons. The standard InChI is InChI=1S/C28H43BrN2O6/c1-4-7-9-13-18-36-27(35)21-22-25(33)31(16-11-12-17-32)24(28(22)19-20(29)23(21)37-28)26(34)30(14-6-3)15-10-8-5-2/h4,6,20-24,32H,1,3,5,7-19H2,2H3/t20?,21-,22+,23-,24?,28?/m1/s1. The fourth-order valence-corrected chi connectivity index (χ4v) is 7.09.